The van der Waals surface area contributed by atoms with E-state index >= 15 is 0 Å². The van der Waals surface area contributed by atoms with E-state index in [1.165, 1.54) is 12.1 Å². The molecule has 0 atom stereocenters. The topological polar surface area (TPSA) is 46.5 Å². The maximum absolute atomic E-state index is 13.0. The second-order valence-corrected chi connectivity index (χ2v) is 4.77. The van der Waals surface area contributed by atoms with Crippen molar-refractivity contribution >= 4 is 21.9 Å². The van der Waals surface area contributed by atoms with Crippen molar-refractivity contribution in [3.63, 3.8) is 0 Å². The second-order valence-electron chi connectivity index (χ2n) is 3.85. The molecule has 0 unspecified atom stereocenters. The van der Waals surface area contributed by atoms with Crippen molar-refractivity contribution in [2.45, 2.75) is 6.61 Å². The van der Waals surface area contributed by atoms with E-state index in [0.29, 0.717) is 11.3 Å². The number of hydrogen-bond acceptors (Lipinski definition) is 2. The van der Waals surface area contributed by atoms with Crippen LogP contribution in [0.25, 0.3) is 0 Å². The van der Waals surface area contributed by atoms with Crippen LogP contribution in [0, 0.1) is 5.82 Å². The molecule has 0 radical (unpaired) electrons. The Morgan fingerprint density at radius 2 is 2.05 bits per heavy atom. The molecule has 0 amide bonds. The Hall–Kier alpha value is -1.88. The van der Waals surface area contributed by atoms with E-state index in [0.717, 1.165) is 10.5 Å². The van der Waals surface area contributed by atoms with Gasteiger partial charge in [0.25, 0.3) is 0 Å². The number of hydrogen-bond donors (Lipinski definition) is 1. The average molecular weight is 325 g/mol. The summed E-state index contributed by atoms with van der Waals surface area (Å²) in [5.41, 5.74) is 0.337. The zero-order chi connectivity index (χ0) is 13.8. The molecule has 0 aliphatic rings. The van der Waals surface area contributed by atoms with Gasteiger partial charge in [0, 0.05) is 10.0 Å². The highest BCUT2D eigenvalue weighted by atomic mass is 79.9. The molecule has 0 bridgehead atoms. The quantitative estimate of drug-likeness (QED) is 0.928. The zero-order valence-electron chi connectivity index (χ0n) is 9.77. The van der Waals surface area contributed by atoms with E-state index in [2.05, 4.69) is 15.9 Å². The minimum atomic E-state index is -1.17. The SMILES string of the molecule is O=C(O)c1cc(F)ccc1COc1cccc(Br)c1. The van der Waals surface area contributed by atoms with Gasteiger partial charge < -0.3 is 9.84 Å². The van der Waals surface area contributed by atoms with E-state index in [1.54, 1.807) is 12.1 Å². The van der Waals surface area contributed by atoms with Crippen LogP contribution >= 0.6 is 15.9 Å². The van der Waals surface area contributed by atoms with Gasteiger partial charge in [-0.15, -0.1) is 0 Å². The summed E-state index contributed by atoms with van der Waals surface area (Å²) in [6.45, 7) is 0.0678. The number of benzene rings is 2. The van der Waals surface area contributed by atoms with Crippen LogP contribution in [0.5, 0.6) is 5.75 Å². The van der Waals surface area contributed by atoms with E-state index in [-0.39, 0.29) is 12.2 Å². The lowest BCUT2D eigenvalue weighted by atomic mass is 10.1. The maximum Gasteiger partial charge on any atom is 0.336 e. The predicted molar refractivity (Wildman–Crippen MR) is 71.8 cm³/mol. The number of halogens is 2. The lowest BCUT2D eigenvalue weighted by Gasteiger charge is -2.09. The third-order valence-corrected chi connectivity index (χ3v) is 2.99. The van der Waals surface area contributed by atoms with Crippen molar-refractivity contribution in [3.05, 3.63) is 63.9 Å². The lowest BCUT2D eigenvalue weighted by molar-refractivity contribution is 0.0693. The first-order valence-electron chi connectivity index (χ1n) is 5.46. The molecule has 0 aliphatic carbocycles. The summed E-state index contributed by atoms with van der Waals surface area (Å²) in [5, 5.41) is 9.00. The van der Waals surface area contributed by atoms with Crippen LogP contribution in [0.2, 0.25) is 0 Å². The number of carbonyl (C=O) groups is 1. The summed E-state index contributed by atoms with van der Waals surface area (Å²) in [7, 11) is 0. The molecule has 0 heterocycles. The normalized spacial score (nSPS) is 10.2. The third kappa shape index (κ3) is 3.54. The van der Waals surface area contributed by atoms with Gasteiger partial charge in [-0.3, -0.25) is 0 Å². The lowest BCUT2D eigenvalue weighted by Crippen LogP contribution is -2.06. The molecule has 0 saturated heterocycles. The molecule has 19 heavy (non-hydrogen) atoms. The molecule has 1 N–H and O–H groups in total. The molecule has 2 rings (SSSR count). The minimum absolute atomic E-state index is 0.0678. The van der Waals surface area contributed by atoms with Crippen LogP contribution in [0.15, 0.2) is 46.9 Å². The van der Waals surface area contributed by atoms with Gasteiger partial charge in [-0.1, -0.05) is 28.1 Å². The van der Waals surface area contributed by atoms with Crippen LogP contribution in [0.3, 0.4) is 0 Å². The van der Waals surface area contributed by atoms with Gasteiger partial charge >= 0.3 is 5.97 Å². The average Bonchev–Trinajstić information content (AvgIpc) is 2.37. The van der Waals surface area contributed by atoms with Crippen LogP contribution in [0.1, 0.15) is 15.9 Å². The Kier molecular flexibility index (Phi) is 4.16. The second kappa shape index (κ2) is 5.84. The van der Waals surface area contributed by atoms with E-state index in [9.17, 15) is 9.18 Å². The minimum Gasteiger partial charge on any atom is -0.489 e. The molecule has 0 fully saturated rings. The Morgan fingerprint density at radius 3 is 2.74 bits per heavy atom. The molecule has 0 spiro atoms. The predicted octanol–water partition coefficient (Wildman–Crippen LogP) is 3.87. The van der Waals surface area contributed by atoms with Gasteiger partial charge in [-0.25, -0.2) is 9.18 Å². The van der Waals surface area contributed by atoms with Gasteiger partial charge in [-0.05, 0) is 30.3 Å². The number of aromatic carboxylic acids is 1. The van der Waals surface area contributed by atoms with E-state index in [4.69, 9.17) is 9.84 Å². The summed E-state index contributed by atoms with van der Waals surface area (Å²) in [6, 6.07) is 10.8. The smallest absolute Gasteiger partial charge is 0.336 e. The number of ether oxygens (including phenoxy) is 1. The largest absolute Gasteiger partial charge is 0.489 e. The Bertz CT molecular complexity index is 613. The summed E-state index contributed by atoms with van der Waals surface area (Å²) < 4.78 is 19.4. The van der Waals surface area contributed by atoms with Crippen LogP contribution < -0.4 is 4.74 Å². The van der Waals surface area contributed by atoms with Crippen LogP contribution in [-0.4, -0.2) is 11.1 Å². The highest BCUT2D eigenvalue weighted by molar-refractivity contribution is 9.10. The van der Waals surface area contributed by atoms with Crippen molar-refractivity contribution in [2.75, 3.05) is 0 Å². The molecule has 98 valence electrons. The molecule has 5 heteroatoms. The number of carboxylic acid groups (broad SMARTS) is 1. The van der Waals surface area contributed by atoms with Crippen molar-refractivity contribution in [1.82, 2.24) is 0 Å². The Labute approximate surface area is 117 Å². The fraction of sp³-hybridized carbons (Fsp3) is 0.0714. The summed E-state index contributed by atoms with van der Waals surface area (Å²) in [5.74, 6) is -1.15. The van der Waals surface area contributed by atoms with Gasteiger partial charge in [0.2, 0.25) is 0 Å². The molecule has 2 aromatic carbocycles. The Morgan fingerprint density at radius 1 is 1.26 bits per heavy atom. The van der Waals surface area contributed by atoms with Crippen molar-refractivity contribution in [1.29, 1.82) is 0 Å². The van der Waals surface area contributed by atoms with Gasteiger partial charge in [-0.2, -0.15) is 0 Å². The van der Waals surface area contributed by atoms with E-state index in [1.807, 2.05) is 12.1 Å². The Balaban J connectivity index is 2.17. The van der Waals surface area contributed by atoms with Gasteiger partial charge in [0.1, 0.15) is 18.2 Å². The van der Waals surface area contributed by atoms with Crippen molar-refractivity contribution < 1.29 is 19.0 Å². The standard InChI is InChI=1S/C14H10BrFO3/c15-10-2-1-3-12(6-10)19-8-9-4-5-11(16)7-13(9)14(17)18/h1-7H,8H2,(H,17,18). The molecular formula is C14H10BrFO3. The van der Waals surface area contributed by atoms with Crippen molar-refractivity contribution in [2.24, 2.45) is 0 Å². The number of carboxylic acids is 1. The highest BCUT2D eigenvalue weighted by Crippen LogP contribution is 2.20. The first-order chi connectivity index (χ1) is 9.06. The molecular weight excluding hydrogens is 315 g/mol. The fourth-order valence-electron chi connectivity index (χ4n) is 1.59. The monoisotopic (exact) mass is 324 g/mol. The number of rotatable bonds is 4. The molecule has 0 saturated carbocycles. The van der Waals surface area contributed by atoms with Gasteiger partial charge in [0.15, 0.2) is 0 Å². The first kappa shape index (κ1) is 13.5. The van der Waals surface area contributed by atoms with Gasteiger partial charge in [0.05, 0.1) is 5.56 Å². The van der Waals surface area contributed by atoms with Crippen molar-refractivity contribution in [3.8, 4) is 5.75 Å². The molecule has 3 nitrogen and oxygen atoms in total. The molecule has 0 aromatic heterocycles. The maximum atomic E-state index is 13.0. The molecule has 0 aliphatic heterocycles. The molecule has 2 aromatic rings. The van der Waals surface area contributed by atoms with E-state index < -0.39 is 11.8 Å². The third-order valence-electron chi connectivity index (χ3n) is 2.49. The fourth-order valence-corrected chi connectivity index (χ4v) is 1.97. The first-order valence-corrected chi connectivity index (χ1v) is 6.25. The summed E-state index contributed by atoms with van der Waals surface area (Å²) in [4.78, 5) is 11.0. The summed E-state index contributed by atoms with van der Waals surface area (Å²) in [6.07, 6.45) is 0. The van der Waals surface area contributed by atoms with Crippen LogP contribution in [-0.2, 0) is 6.61 Å². The van der Waals surface area contributed by atoms with Crippen LogP contribution in [0.4, 0.5) is 4.39 Å². The highest BCUT2D eigenvalue weighted by Gasteiger charge is 2.11. The summed E-state index contributed by atoms with van der Waals surface area (Å²) >= 11 is 3.31. The zero-order valence-corrected chi connectivity index (χ0v) is 11.4.